The number of nitrogens with one attached hydrogen (secondary N) is 2. The maximum atomic E-state index is 12.8. The molecule has 11 nitrogen and oxygen atoms in total. The molecule has 1 saturated heterocycles. The van der Waals surface area contributed by atoms with Crippen LogP contribution in [0.2, 0.25) is 0 Å². The van der Waals surface area contributed by atoms with Gasteiger partial charge in [-0.05, 0) is 25.1 Å². The number of rotatable bonds is 8. The van der Waals surface area contributed by atoms with Crippen LogP contribution in [-0.2, 0) is 31.0 Å². The third-order valence-corrected chi connectivity index (χ3v) is 6.44. The Balaban J connectivity index is 2.00. The molecule has 1 aromatic carbocycles. The number of hydrogen-bond donors (Lipinski definition) is 2. The molecular formula is C19H28N4O7S. The summed E-state index contributed by atoms with van der Waals surface area (Å²) in [7, 11) is 0.798. The number of amides is 3. The summed E-state index contributed by atoms with van der Waals surface area (Å²) in [6.45, 7) is 0.717. The first-order chi connectivity index (χ1) is 14.4. The first kappa shape index (κ1) is 24.4. The Morgan fingerprint density at radius 2 is 1.87 bits per heavy atom. The number of hydrogen-bond acceptors (Lipinski definition) is 7. The number of nitrogens with zero attached hydrogens (tertiary/aromatic N) is 2. The predicted molar refractivity (Wildman–Crippen MR) is 112 cm³/mol. The minimum absolute atomic E-state index is 0.145. The van der Waals surface area contributed by atoms with Gasteiger partial charge in [-0.25, -0.2) is 8.42 Å². The molecule has 0 aliphatic carbocycles. The maximum absolute atomic E-state index is 12.8. The van der Waals surface area contributed by atoms with Crippen molar-refractivity contribution >= 4 is 27.7 Å². The van der Waals surface area contributed by atoms with Gasteiger partial charge in [0.25, 0.3) is 0 Å². The normalized spacial score (nSPS) is 19.6. The molecule has 0 radical (unpaired) electrons. The summed E-state index contributed by atoms with van der Waals surface area (Å²) in [5.41, 5.74) is -0.760. The lowest BCUT2D eigenvalue weighted by Gasteiger charge is -2.44. The quantitative estimate of drug-likeness (QED) is 0.509. The second-order valence-electron chi connectivity index (χ2n) is 7.39. The third kappa shape index (κ3) is 5.64. The summed E-state index contributed by atoms with van der Waals surface area (Å²) >= 11 is 0. The molecule has 1 unspecified atom stereocenters. The Hall–Kier alpha value is -2.86. The number of ether oxygens (including phenoxy) is 2. The molecule has 2 rings (SSSR count). The van der Waals surface area contributed by atoms with Crippen LogP contribution < -0.4 is 20.1 Å². The Morgan fingerprint density at radius 3 is 2.45 bits per heavy atom. The van der Waals surface area contributed by atoms with Crippen molar-refractivity contribution in [3.63, 3.8) is 0 Å². The highest BCUT2D eigenvalue weighted by atomic mass is 32.2. The Kier molecular flexibility index (Phi) is 7.49. The van der Waals surface area contributed by atoms with Crippen LogP contribution in [0.15, 0.2) is 18.2 Å². The molecule has 1 aliphatic heterocycles. The minimum atomic E-state index is -3.67. The second-order valence-corrected chi connectivity index (χ2v) is 9.38. The molecule has 172 valence electrons. The van der Waals surface area contributed by atoms with Gasteiger partial charge < -0.3 is 25.0 Å². The molecule has 1 aliphatic rings. The fraction of sp³-hybridized carbons (Fsp3) is 0.526. The minimum Gasteiger partial charge on any atom is -0.497 e. The first-order valence-electron chi connectivity index (χ1n) is 9.40. The predicted octanol–water partition coefficient (Wildman–Crippen LogP) is -1.07. The molecule has 1 aromatic rings. The largest absolute Gasteiger partial charge is 0.497 e. The molecule has 1 fully saturated rings. The van der Waals surface area contributed by atoms with E-state index in [0.29, 0.717) is 17.1 Å². The third-order valence-electron chi connectivity index (χ3n) is 5.24. The summed E-state index contributed by atoms with van der Waals surface area (Å²) < 4.78 is 35.1. The first-order valence-corrected chi connectivity index (χ1v) is 11.2. The van der Waals surface area contributed by atoms with Crippen LogP contribution in [0.5, 0.6) is 11.5 Å². The Bertz CT molecular complexity index is 966. The van der Waals surface area contributed by atoms with Crippen molar-refractivity contribution in [3.8, 4) is 11.5 Å². The van der Waals surface area contributed by atoms with Crippen LogP contribution in [0.1, 0.15) is 12.5 Å². The molecule has 0 spiro atoms. The lowest BCUT2D eigenvalue weighted by molar-refractivity contribution is -0.150. The van der Waals surface area contributed by atoms with Crippen molar-refractivity contribution in [3.05, 3.63) is 23.8 Å². The zero-order chi connectivity index (χ0) is 23.4. The van der Waals surface area contributed by atoms with Gasteiger partial charge in [-0.3, -0.25) is 14.4 Å². The van der Waals surface area contributed by atoms with Crippen molar-refractivity contribution in [1.29, 1.82) is 0 Å². The van der Waals surface area contributed by atoms with Crippen LogP contribution in [0.3, 0.4) is 0 Å². The van der Waals surface area contributed by atoms with Crippen molar-refractivity contribution in [2.75, 3.05) is 47.2 Å². The second kappa shape index (κ2) is 9.52. The zero-order valence-electron chi connectivity index (χ0n) is 18.2. The number of methoxy groups -OCH3 is 2. The summed E-state index contributed by atoms with van der Waals surface area (Å²) in [5, 5.41) is 5.15. The SMILES string of the molecule is COc1ccc(OC)c(CNC(=O)CNC(=O)C2(C)CN(S(C)(=O)=O)CC(=O)N2C)c1. The van der Waals surface area contributed by atoms with E-state index in [2.05, 4.69) is 10.6 Å². The molecular weight excluding hydrogens is 428 g/mol. The fourth-order valence-corrected chi connectivity index (χ4v) is 3.95. The highest BCUT2D eigenvalue weighted by molar-refractivity contribution is 7.88. The number of likely N-dealkylation sites (N-methyl/N-ethyl adjacent to an activating group) is 1. The van der Waals surface area contributed by atoms with Crippen LogP contribution in [0, 0.1) is 0 Å². The summed E-state index contributed by atoms with van der Waals surface area (Å²) in [6.07, 6.45) is 0.976. The van der Waals surface area contributed by atoms with Crippen molar-refractivity contribution in [2.24, 2.45) is 0 Å². The van der Waals surface area contributed by atoms with E-state index < -0.39 is 33.3 Å². The van der Waals surface area contributed by atoms with Gasteiger partial charge in [-0.1, -0.05) is 0 Å². The van der Waals surface area contributed by atoms with E-state index in [1.54, 1.807) is 18.2 Å². The molecule has 0 aromatic heterocycles. The fourth-order valence-electron chi connectivity index (χ4n) is 3.12. The summed E-state index contributed by atoms with van der Waals surface area (Å²) in [4.78, 5) is 38.4. The summed E-state index contributed by atoms with van der Waals surface area (Å²) in [5.74, 6) is -0.436. The molecule has 1 atom stereocenters. The average Bonchev–Trinajstić information content (AvgIpc) is 2.72. The van der Waals surface area contributed by atoms with E-state index >= 15 is 0 Å². The Labute approximate surface area is 181 Å². The molecule has 3 amide bonds. The van der Waals surface area contributed by atoms with Gasteiger partial charge >= 0.3 is 0 Å². The van der Waals surface area contributed by atoms with Crippen LogP contribution >= 0.6 is 0 Å². The lowest BCUT2D eigenvalue weighted by atomic mass is 9.96. The smallest absolute Gasteiger partial charge is 0.247 e. The van der Waals surface area contributed by atoms with Gasteiger partial charge in [0, 0.05) is 25.7 Å². The standard InChI is InChI=1S/C19H28N4O7S/c1-19(12-23(31(5,27)28)11-17(25)22(19)2)18(26)21-10-16(24)20-9-13-8-14(29-3)6-7-15(13)30-4/h6-8H,9-12H2,1-5H3,(H,20,24)(H,21,26). The van der Waals surface area contributed by atoms with Crippen LogP contribution in [0.4, 0.5) is 0 Å². The van der Waals surface area contributed by atoms with E-state index in [1.165, 1.54) is 33.1 Å². The van der Waals surface area contributed by atoms with Crippen LogP contribution in [-0.4, -0.2) is 88.0 Å². The van der Waals surface area contributed by atoms with Crippen molar-refractivity contribution < 1.29 is 32.3 Å². The number of piperazine rings is 1. The maximum Gasteiger partial charge on any atom is 0.247 e. The van der Waals surface area contributed by atoms with Gasteiger partial charge in [-0.15, -0.1) is 0 Å². The highest BCUT2D eigenvalue weighted by Crippen LogP contribution is 2.24. The van der Waals surface area contributed by atoms with Gasteiger partial charge in [0.05, 0.1) is 33.6 Å². The van der Waals surface area contributed by atoms with Crippen molar-refractivity contribution in [2.45, 2.75) is 19.0 Å². The number of benzene rings is 1. The monoisotopic (exact) mass is 456 g/mol. The van der Waals surface area contributed by atoms with Crippen molar-refractivity contribution in [1.82, 2.24) is 19.8 Å². The van der Waals surface area contributed by atoms with E-state index in [0.717, 1.165) is 10.6 Å². The molecule has 1 heterocycles. The Morgan fingerprint density at radius 1 is 1.19 bits per heavy atom. The van der Waals surface area contributed by atoms with Gasteiger partial charge in [0.15, 0.2) is 0 Å². The van der Waals surface area contributed by atoms with Gasteiger partial charge in [-0.2, -0.15) is 4.31 Å². The van der Waals surface area contributed by atoms with Gasteiger partial charge in [0.1, 0.15) is 17.0 Å². The summed E-state index contributed by atoms with van der Waals surface area (Å²) in [6, 6.07) is 5.17. The van der Waals surface area contributed by atoms with E-state index in [1.807, 2.05) is 0 Å². The van der Waals surface area contributed by atoms with E-state index in [9.17, 15) is 22.8 Å². The molecule has 0 bridgehead atoms. The average molecular weight is 457 g/mol. The van der Waals surface area contributed by atoms with Gasteiger partial charge in [0.2, 0.25) is 27.7 Å². The topological polar surface area (TPSA) is 134 Å². The molecule has 12 heteroatoms. The molecule has 0 saturated carbocycles. The molecule has 2 N–H and O–H groups in total. The number of carbonyl (C=O) groups is 3. The zero-order valence-corrected chi connectivity index (χ0v) is 19.0. The number of carbonyl (C=O) groups excluding carboxylic acids is 3. The lowest BCUT2D eigenvalue weighted by Crippen LogP contribution is -2.68. The number of sulfonamides is 1. The van der Waals surface area contributed by atoms with E-state index in [-0.39, 0.29) is 26.2 Å². The van der Waals surface area contributed by atoms with Crippen LogP contribution in [0.25, 0.3) is 0 Å². The van der Waals surface area contributed by atoms with E-state index in [4.69, 9.17) is 9.47 Å². The highest BCUT2D eigenvalue weighted by Gasteiger charge is 2.47. The molecule has 31 heavy (non-hydrogen) atoms.